The fourth-order valence-electron chi connectivity index (χ4n) is 2.39. The highest BCUT2D eigenvalue weighted by Gasteiger charge is 2.35. The number of amides is 1. The second-order valence-corrected chi connectivity index (χ2v) is 6.32. The maximum Gasteiger partial charge on any atom is 0.304 e. The van der Waals surface area contributed by atoms with Crippen molar-refractivity contribution in [2.75, 3.05) is 11.4 Å². The molecule has 0 aromatic carbocycles. The molecular formula is C16H19ClN4O3. The van der Waals surface area contributed by atoms with Gasteiger partial charge >= 0.3 is 5.97 Å². The Morgan fingerprint density at radius 2 is 2.12 bits per heavy atom. The van der Waals surface area contributed by atoms with E-state index in [0.717, 1.165) is 0 Å². The smallest absolute Gasteiger partial charge is 0.304 e. The van der Waals surface area contributed by atoms with Crippen molar-refractivity contribution in [3.8, 4) is 5.69 Å². The van der Waals surface area contributed by atoms with E-state index in [-0.39, 0.29) is 17.5 Å². The van der Waals surface area contributed by atoms with Crippen LogP contribution < -0.4 is 4.90 Å². The number of carboxylic acid groups (broad SMARTS) is 1. The van der Waals surface area contributed by atoms with Crippen LogP contribution in [0.15, 0.2) is 30.7 Å². The lowest BCUT2D eigenvalue weighted by molar-refractivity contribution is -0.143. The molecule has 8 heteroatoms. The van der Waals surface area contributed by atoms with Crippen LogP contribution in [0.5, 0.6) is 0 Å². The molecule has 7 nitrogen and oxygen atoms in total. The lowest BCUT2D eigenvalue weighted by Gasteiger charge is -2.29. The maximum absolute atomic E-state index is 12.8. The molecule has 24 heavy (non-hydrogen) atoms. The van der Waals surface area contributed by atoms with Crippen LogP contribution in [0.4, 0.5) is 5.69 Å². The lowest BCUT2D eigenvalue weighted by Crippen LogP contribution is -2.42. The molecule has 2 rings (SSSR count). The van der Waals surface area contributed by atoms with Crippen molar-refractivity contribution < 1.29 is 14.7 Å². The van der Waals surface area contributed by atoms with Gasteiger partial charge in [0.15, 0.2) is 5.15 Å². The van der Waals surface area contributed by atoms with E-state index in [1.807, 2.05) is 6.07 Å². The molecule has 2 heterocycles. The molecule has 0 saturated carbocycles. The molecule has 0 aliphatic rings. The van der Waals surface area contributed by atoms with E-state index in [4.69, 9.17) is 16.7 Å². The first-order valence-corrected chi connectivity index (χ1v) is 7.83. The van der Waals surface area contributed by atoms with E-state index < -0.39 is 11.4 Å². The first kappa shape index (κ1) is 17.9. The minimum atomic E-state index is -1.05. The number of halogens is 1. The van der Waals surface area contributed by atoms with Crippen molar-refractivity contribution >= 4 is 29.2 Å². The lowest BCUT2D eigenvalue weighted by atomic mass is 9.87. The number of hydrogen-bond donors (Lipinski definition) is 1. The van der Waals surface area contributed by atoms with Crippen molar-refractivity contribution in [2.24, 2.45) is 5.41 Å². The van der Waals surface area contributed by atoms with Crippen molar-refractivity contribution in [2.45, 2.75) is 27.2 Å². The minimum absolute atomic E-state index is 0.167. The van der Waals surface area contributed by atoms with Gasteiger partial charge in [-0.05, 0) is 19.1 Å². The highest BCUT2D eigenvalue weighted by atomic mass is 35.5. The highest BCUT2D eigenvalue weighted by Crippen LogP contribution is 2.31. The topological polar surface area (TPSA) is 88.3 Å². The summed E-state index contributed by atoms with van der Waals surface area (Å²) in [6, 6.07) is 3.58. The molecule has 0 aliphatic carbocycles. The first-order valence-electron chi connectivity index (χ1n) is 7.45. The van der Waals surface area contributed by atoms with E-state index >= 15 is 0 Å². The Morgan fingerprint density at radius 3 is 2.67 bits per heavy atom. The third kappa shape index (κ3) is 3.73. The summed E-state index contributed by atoms with van der Waals surface area (Å²) in [5.74, 6) is -1.35. The number of aliphatic carboxylic acids is 1. The number of rotatable bonds is 6. The Labute approximate surface area is 144 Å². The number of pyridine rings is 1. The summed E-state index contributed by atoms with van der Waals surface area (Å²) < 4.78 is 1.53. The van der Waals surface area contributed by atoms with Crippen molar-refractivity contribution in [3.63, 3.8) is 0 Å². The number of hydrogen-bond acceptors (Lipinski definition) is 4. The summed E-state index contributed by atoms with van der Waals surface area (Å²) in [5.41, 5.74) is 0.0899. The van der Waals surface area contributed by atoms with Gasteiger partial charge in [0.05, 0.1) is 29.9 Å². The van der Waals surface area contributed by atoms with E-state index in [0.29, 0.717) is 17.9 Å². The molecular weight excluding hydrogens is 332 g/mol. The fraction of sp³-hybridized carbons (Fsp3) is 0.375. The molecule has 0 atom stereocenters. The van der Waals surface area contributed by atoms with Crippen molar-refractivity contribution in [1.82, 2.24) is 14.8 Å². The highest BCUT2D eigenvalue weighted by molar-refractivity contribution is 6.32. The van der Waals surface area contributed by atoms with Crippen LogP contribution in [-0.4, -0.2) is 38.3 Å². The van der Waals surface area contributed by atoms with Gasteiger partial charge in [-0.1, -0.05) is 25.4 Å². The monoisotopic (exact) mass is 350 g/mol. The predicted molar refractivity (Wildman–Crippen MR) is 90.4 cm³/mol. The summed E-state index contributed by atoms with van der Waals surface area (Å²) in [6.45, 7) is 5.35. The van der Waals surface area contributed by atoms with Crippen LogP contribution in [0.1, 0.15) is 27.2 Å². The molecule has 2 aromatic heterocycles. The first-order chi connectivity index (χ1) is 11.3. The molecule has 1 N–H and O–H groups in total. The van der Waals surface area contributed by atoms with Gasteiger partial charge in [-0.25, -0.2) is 4.68 Å². The van der Waals surface area contributed by atoms with Crippen LogP contribution in [0.25, 0.3) is 5.69 Å². The van der Waals surface area contributed by atoms with E-state index in [1.165, 1.54) is 9.58 Å². The molecule has 0 fully saturated rings. The van der Waals surface area contributed by atoms with Gasteiger partial charge in [-0.15, -0.1) is 0 Å². The fourth-order valence-corrected chi connectivity index (χ4v) is 2.62. The van der Waals surface area contributed by atoms with Crippen LogP contribution in [-0.2, 0) is 9.59 Å². The van der Waals surface area contributed by atoms with Gasteiger partial charge in [0.1, 0.15) is 5.69 Å². The van der Waals surface area contributed by atoms with Gasteiger partial charge in [0.2, 0.25) is 5.91 Å². The van der Waals surface area contributed by atoms with Crippen LogP contribution in [0, 0.1) is 5.41 Å². The van der Waals surface area contributed by atoms with E-state index in [2.05, 4.69) is 10.1 Å². The number of carboxylic acids is 1. The van der Waals surface area contributed by atoms with Gasteiger partial charge in [0, 0.05) is 12.7 Å². The Balaban J connectivity index is 2.36. The summed E-state index contributed by atoms with van der Waals surface area (Å²) in [7, 11) is 0. The van der Waals surface area contributed by atoms with E-state index in [9.17, 15) is 9.59 Å². The summed E-state index contributed by atoms with van der Waals surface area (Å²) in [4.78, 5) is 29.3. The van der Waals surface area contributed by atoms with Crippen molar-refractivity contribution in [1.29, 1.82) is 0 Å². The van der Waals surface area contributed by atoms with Gasteiger partial charge < -0.3 is 10.0 Å². The predicted octanol–water partition coefficient (Wildman–Crippen LogP) is 2.77. The number of anilines is 1. The maximum atomic E-state index is 12.8. The zero-order valence-corrected chi connectivity index (χ0v) is 14.5. The Bertz CT molecular complexity index is 743. The Morgan fingerprint density at radius 1 is 1.42 bits per heavy atom. The van der Waals surface area contributed by atoms with Crippen LogP contribution in [0.3, 0.4) is 0 Å². The number of carbonyl (C=O) groups excluding carboxylic acids is 1. The van der Waals surface area contributed by atoms with Crippen LogP contribution >= 0.6 is 11.6 Å². The Kier molecular flexibility index (Phi) is 5.23. The average molecular weight is 351 g/mol. The zero-order chi connectivity index (χ0) is 17.9. The second kappa shape index (κ2) is 7.00. The van der Waals surface area contributed by atoms with Crippen LogP contribution in [0.2, 0.25) is 5.15 Å². The molecule has 0 spiro atoms. The third-order valence-electron chi connectivity index (χ3n) is 3.59. The average Bonchev–Trinajstić information content (AvgIpc) is 2.90. The number of nitrogens with zero attached hydrogens (tertiary/aromatic N) is 4. The van der Waals surface area contributed by atoms with E-state index in [1.54, 1.807) is 45.4 Å². The van der Waals surface area contributed by atoms with Gasteiger partial charge in [0.25, 0.3) is 0 Å². The number of carbonyl (C=O) groups is 2. The standard InChI is InChI=1S/C16H19ClN4O3/c1-4-20(15(24)16(2,3)8-13(22)23)12-10-21(19-14(12)17)11-6-5-7-18-9-11/h5-7,9-10H,4,8H2,1-3H3,(H,22,23). The largest absolute Gasteiger partial charge is 0.481 e. The molecule has 2 aromatic rings. The normalized spacial score (nSPS) is 11.3. The molecule has 1 amide bonds. The van der Waals surface area contributed by atoms with Gasteiger partial charge in [-0.3, -0.25) is 14.6 Å². The molecule has 0 unspecified atom stereocenters. The summed E-state index contributed by atoms with van der Waals surface area (Å²) in [6.07, 6.45) is 4.64. The third-order valence-corrected chi connectivity index (χ3v) is 3.86. The van der Waals surface area contributed by atoms with Crippen molar-refractivity contribution in [3.05, 3.63) is 35.9 Å². The SMILES string of the molecule is CCN(C(=O)C(C)(C)CC(=O)O)c1cn(-c2cccnc2)nc1Cl. The minimum Gasteiger partial charge on any atom is -0.481 e. The zero-order valence-electron chi connectivity index (χ0n) is 13.7. The molecule has 0 saturated heterocycles. The van der Waals surface area contributed by atoms with Gasteiger partial charge in [-0.2, -0.15) is 5.10 Å². The molecule has 0 bridgehead atoms. The number of aromatic nitrogens is 3. The molecule has 128 valence electrons. The summed E-state index contributed by atoms with van der Waals surface area (Å²) >= 11 is 6.21. The second-order valence-electron chi connectivity index (χ2n) is 5.96. The summed E-state index contributed by atoms with van der Waals surface area (Å²) in [5, 5.41) is 13.4. The molecule has 0 radical (unpaired) electrons. The molecule has 0 aliphatic heterocycles. The quantitative estimate of drug-likeness (QED) is 0.865. The Hall–Kier alpha value is -2.41.